The minimum Gasteiger partial charge on any atom is -0.451 e. The third-order valence-corrected chi connectivity index (χ3v) is 4.21. The van der Waals surface area contributed by atoms with Gasteiger partial charge in [-0.2, -0.15) is 10.2 Å². The molecule has 1 amide bonds. The predicted octanol–water partition coefficient (Wildman–Crippen LogP) is 6.41. The molecule has 1 heterocycles. The van der Waals surface area contributed by atoms with Gasteiger partial charge in [-0.05, 0) is 49.4 Å². The first kappa shape index (κ1) is 16.7. The van der Waals surface area contributed by atoms with Crippen LogP contribution < -0.4 is 5.32 Å². The van der Waals surface area contributed by atoms with Gasteiger partial charge in [-0.1, -0.05) is 36.4 Å². The summed E-state index contributed by atoms with van der Waals surface area (Å²) in [5, 5.41) is 12.2. The van der Waals surface area contributed by atoms with Crippen molar-refractivity contribution in [2.75, 3.05) is 5.32 Å². The largest absolute Gasteiger partial charge is 0.451 e. The molecule has 27 heavy (non-hydrogen) atoms. The van der Waals surface area contributed by atoms with Crippen LogP contribution in [-0.4, -0.2) is 5.91 Å². The maximum atomic E-state index is 12.6. The van der Waals surface area contributed by atoms with Crippen LogP contribution in [0.2, 0.25) is 0 Å². The number of aryl methyl sites for hydroxylation is 1. The molecule has 4 rings (SSSR count). The molecule has 1 N–H and O–H groups in total. The third-order valence-electron chi connectivity index (χ3n) is 4.21. The van der Waals surface area contributed by atoms with E-state index in [1.807, 2.05) is 61.5 Å². The smallest absolute Gasteiger partial charge is 0.291 e. The number of para-hydroxylation sites is 1. The van der Waals surface area contributed by atoms with Gasteiger partial charge in [0.15, 0.2) is 5.76 Å². The van der Waals surface area contributed by atoms with E-state index >= 15 is 0 Å². The maximum absolute atomic E-state index is 12.6. The van der Waals surface area contributed by atoms with E-state index in [2.05, 4.69) is 15.5 Å². The SMILES string of the molecule is Cc1c(C(=O)Nc2ccc(N=Nc3ccccc3)cc2)oc2ccccc12. The zero-order chi connectivity index (χ0) is 18.6. The number of carbonyl (C=O) groups excluding carboxylic acids is 1. The van der Waals surface area contributed by atoms with Gasteiger partial charge in [0.25, 0.3) is 5.91 Å². The van der Waals surface area contributed by atoms with Gasteiger partial charge in [-0.15, -0.1) is 0 Å². The van der Waals surface area contributed by atoms with Crippen molar-refractivity contribution in [2.24, 2.45) is 10.2 Å². The van der Waals surface area contributed by atoms with Crippen molar-refractivity contribution in [1.29, 1.82) is 0 Å². The highest BCUT2D eigenvalue weighted by molar-refractivity contribution is 6.06. The molecule has 0 aliphatic heterocycles. The fourth-order valence-corrected chi connectivity index (χ4v) is 2.80. The fourth-order valence-electron chi connectivity index (χ4n) is 2.80. The molecule has 0 saturated carbocycles. The van der Waals surface area contributed by atoms with Crippen molar-refractivity contribution in [2.45, 2.75) is 6.92 Å². The Labute approximate surface area is 156 Å². The van der Waals surface area contributed by atoms with Gasteiger partial charge in [-0.3, -0.25) is 4.79 Å². The third kappa shape index (κ3) is 3.62. The summed E-state index contributed by atoms with van der Waals surface area (Å²) in [6, 6.07) is 24.3. The lowest BCUT2D eigenvalue weighted by atomic mass is 10.1. The number of anilines is 1. The molecule has 0 bridgehead atoms. The summed E-state index contributed by atoms with van der Waals surface area (Å²) in [7, 11) is 0. The molecule has 4 aromatic rings. The van der Waals surface area contributed by atoms with Gasteiger partial charge in [-0.25, -0.2) is 0 Å². The summed E-state index contributed by atoms with van der Waals surface area (Å²) >= 11 is 0. The molecular weight excluding hydrogens is 338 g/mol. The Morgan fingerprint density at radius 2 is 1.44 bits per heavy atom. The minimum absolute atomic E-state index is 0.276. The number of nitrogens with one attached hydrogen (secondary N) is 1. The molecule has 0 atom stereocenters. The van der Waals surface area contributed by atoms with Gasteiger partial charge in [0.05, 0.1) is 11.4 Å². The number of carbonyl (C=O) groups is 1. The van der Waals surface area contributed by atoms with E-state index in [1.54, 1.807) is 24.3 Å². The lowest BCUT2D eigenvalue weighted by Crippen LogP contribution is -2.11. The van der Waals surface area contributed by atoms with E-state index in [0.29, 0.717) is 22.7 Å². The van der Waals surface area contributed by atoms with E-state index in [1.165, 1.54) is 0 Å². The summed E-state index contributed by atoms with van der Waals surface area (Å²) in [6.45, 7) is 1.88. The fraction of sp³-hybridized carbons (Fsp3) is 0.0455. The summed E-state index contributed by atoms with van der Waals surface area (Å²) < 4.78 is 5.70. The molecule has 0 spiro atoms. The number of azo groups is 1. The van der Waals surface area contributed by atoms with Gasteiger partial charge >= 0.3 is 0 Å². The standard InChI is InChI=1S/C22H17N3O2/c1-15-19-9-5-6-10-20(19)27-21(15)22(26)23-16-11-13-18(14-12-16)25-24-17-7-3-2-4-8-17/h2-14H,1H3,(H,23,26). The normalized spacial score (nSPS) is 11.1. The minimum atomic E-state index is -0.276. The molecule has 3 aromatic carbocycles. The first-order valence-electron chi connectivity index (χ1n) is 8.57. The van der Waals surface area contributed by atoms with E-state index < -0.39 is 0 Å². The van der Waals surface area contributed by atoms with Crippen molar-refractivity contribution in [1.82, 2.24) is 0 Å². The highest BCUT2D eigenvalue weighted by Gasteiger charge is 2.17. The van der Waals surface area contributed by atoms with Crippen LogP contribution in [0.15, 0.2) is 93.5 Å². The quantitative estimate of drug-likeness (QED) is 0.430. The summed E-state index contributed by atoms with van der Waals surface area (Å²) in [4.78, 5) is 12.6. The van der Waals surface area contributed by atoms with Crippen molar-refractivity contribution in [3.63, 3.8) is 0 Å². The van der Waals surface area contributed by atoms with Gasteiger partial charge in [0.2, 0.25) is 0 Å². The Morgan fingerprint density at radius 3 is 2.15 bits per heavy atom. The van der Waals surface area contributed by atoms with Crippen molar-refractivity contribution >= 4 is 33.9 Å². The molecule has 132 valence electrons. The van der Waals surface area contributed by atoms with E-state index in [4.69, 9.17) is 4.42 Å². The highest BCUT2D eigenvalue weighted by atomic mass is 16.3. The number of nitrogens with zero attached hydrogens (tertiary/aromatic N) is 2. The Bertz CT molecular complexity index is 1110. The van der Waals surface area contributed by atoms with Crippen LogP contribution in [0.1, 0.15) is 16.1 Å². The lowest BCUT2D eigenvalue weighted by molar-refractivity contribution is 0.0998. The molecule has 0 fully saturated rings. The summed E-state index contributed by atoms with van der Waals surface area (Å²) in [6.07, 6.45) is 0. The first-order valence-corrected chi connectivity index (χ1v) is 8.57. The second-order valence-corrected chi connectivity index (χ2v) is 6.09. The number of amides is 1. The molecule has 0 aliphatic carbocycles. The van der Waals surface area contributed by atoms with E-state index in [-0.39, 0.29) is 5.91 Å². The zero-order valence-corrected chi connectivity index (χ0v) is 14.7. The lowest BCUT2D eigenvalue weighted by Gasteiger charge is -2.04. The van der Waals surface area contributed by atoms with Crippen LogP contribution in [0.5, 0.6) is 0 Å². The number of rotatable bonds is 4. The van der Waals surface area contributed by atoms with Crippen LogP contribution in [0.3, 0.4) is 0 Å². The number of benzene rings is 3. The van der Waals surface area contributed by atoms with Crippen molar-refractivity contribution in [3.8, 4) is 0 Å². The van der Waals surface area contributed by atoms with Gasteiger partial charge < -0.3 is 9.73 Å². The Kier molecular flexibility index (Phi) is 4.49. The average molecular weight is 355 g/mol. The van der Waals surface area contributed by atoms with Crippen LogP contribution >= 0.6 is 0 Å². The Morgan fingerprint density at radius 1 is 0.815 bits per heavy atom. The molecule has 0 unspecified atom stereocenters. The number of fused-ring (bicyclic) bond motifs is 1. The van der Waals surface area contributed by atoms with Gasteiger partial charge in [0, 0.05) is 16.6 Å². The highest BCUT2D eigenvalue weighted by Crippen LogP contribution is 2.26. The zero-order valence-electron chi connectivity index (χ0n) is 14.7. The molecule has 0 saturated heterocycles. The van der Waals surface area contributed by atoms with Crippen molar-refractivity contribution < 1.29 is 9.21 Å². The first-order chi connectivity index (χ1) is 13.2. The van der Waals surface area contributed by atoms with E-state index in [0.717, 1.165) is 16.6 Å². The number of hydrogen-bond acceptors (Lipinski definition) is 4. The average Bonchev–Trinajstić information content (AvgIpc) is 3.05. The monoisotopic (exact) mass is 355 g/mol. The Hall–Kier alpha value is -3.73. The van der Waals surface area contributed by atoms with Crippen LogP contribution in [0.25, 0.3) is 11.0 Å². The molecule has 5 heteroatoms. The molecular formula is C22H17N3O2. The predicted molar refractivity (Wildman–Crippen MR) is 106 cm³/mol. The van der Waals surface area contributed by atoms with Crippen LogP contribution in [0.4, 0.5) is 17.1 Å². The molecule has 5 nitrogen and oxygen atoms in total. The van der Waals surface area contributed by atoms with Gasteiger partial charge in [0.1, 0.15) is 5.58 Å². The molecule has 1 aromatic heterocycles. The number of furan rings is 1. The number of hydrogen-bond donors (Lipinski definition) is 1. The van der Waals surface area contributed by atoms with Crippen LogP contribution in [0, 0.1) is 6.92 Å². The van der Waals surface area contributed by atoms with E-state index in [9.17, 15) is 4.79 Å². The van der Waals surface area contributed by atoms with Crippen molar-refractivity contribution in [3.05, 3.63) is 90.2 Å². The molecule has 0 radical (unpaired) electrons. The summed E-state index contributed by atoms with van der Waals surface area (Å²) in [5.74, 6) is 0.0476. The van der Waals surface area contributed by atoms with Crippen LogP contribution in [-0.2, 0) is 0 Å². The second kappa shape index (κ2) is 7.25. The molecule has 0 aliphatic rings. The topological polar surface area (TPSA) is 67.0 Å². The summed E-state index contributed by atoms with van der Waals surface area (Å²) in [5.41, 5.74) is 3.69. The Balaban J connectivity index is 1.48. The second-order valence-electron chi connectivity index (χ2n) is 6.09. The maximum Gasteiger partial charge on any atom is 0.291 e.